The third-order valence-electron chi connectivity index (χ3n) is 2.89. The van der Waals surface area contributed by atoms with Gasteiger partial charge in [0, 0.05) is 6.92 Å². The third-order valence-corrected chi connectivity index (χ3v) is 3.80. The number of tetrazole rings is 1. The molecule has 9 heteroatoms. The van der Waals surface area contributed by atoms with Gasteiger partial charge in [-0.05, 0) is 35.0 Å². The van der Waals surface area contributed by atoms with Gasteiger partial charge in [-0.15, -0.1) is 27.1 Å². The molecular weight excluding hydrogens is 307 g/mol. The molecule has 2 aromatic heterocycles. The summed E-state index contributed by atoms with van der Waals surface area (Å²) in [5.41, 5.74) is 1.28. The Morgan fingerprint density at radius 3 is 2.82 bits per heavy atom. The Labute approximate surface area is 129 Å². The van der Waals surface area contributed by atoms with Crippen LogP contribution in [0.25, 0.3) is 5.69 Å². The minimum Gasteiger partial charge on any atom is -0.425 e. The molecule has 0 aliphatic heterocycles. The molecule has 0 aliphatic rings. The first-order chi connectivity index (χ1) is 10.6. The van der Waals surface area contributed by atoms with E-state index in [1.165, 1.54) is 22.5 Å². The van der Waals surface area contributed by atoms with Gasteiger partial charge in [0.2, 0.25) is 11.8 Å². The fraction of sp³-hybridized carbons (Fsp3) is 0.308. The van der Waals surface area contributed by atoms with Gasteiger partial charge in [0.1, 0.15) is 11.5 Å². The van der Waals surface area contributed by atoms with Crippen molar-refractivity contribution in [3.05, 3.63) is 47.2 Å². The second-order valence-electron chi connectivity index (χ2n) is 4.67. The van der Waals surface area contributed by atoms with Crippen molar-refractivity contribution in [3.63, 3.8) is 0 Å². The molecule has 0 amide bonds. The van der Waals surface area contributed by atoms with Crippen LogP contribution in [0.5, 0.6) is 0 Å². The Balaban J connectivity index is 1.73. The summed E-state index contributed by atoms with van der Waals surface area (Å²) in [6, 6.07) is 4.82. The normalized spacial score (nSPS) is 11.0. The summed E-state index contributed by atoms with van der Waals surface area (Å²) in [7, 11) is 0. The number of rotatable bonds is 5. The number of benzene rings is 1. The molecule has 0 unspecified atom stereocenters. The van der Waals surface area contributed by atoms with E-state index >= 15 is 0 Å². The number of halogens is 1. The van der Waals surface area contributed by atoms with Gasteiger partial charge < -0.3 is 4.42 Å². The molecule has 0 aliphatic carbocycles. The van der Waals surface area contributed by atoms with Gasteiger partial charge in [-0.3, -0.25) is 0 Å². The van der Waals surface area contributed by atoms with Crippen LogP contribution in [-0.2, 0) is 11.5 Å². The quantitative estimate of drug-likeness (QED) is 0.713. The Morgan fingerprint density at radius 2 is 2.05 bits per heavy atom. The maximum absolute atomic E-state index is 13.9. The van der Waals surface area contributed by atoms with E-state index in [1.54, 1.807) is 19.1 Å². The number of aromatic nitrogens is 6. The Morgan fingerprint density at radius 1 is 1.18 bits per heavy atom. The lowest BCUT2D eigenvalue weighted by Crippen LogP contribution is -2.05. The highest BCUT2D eigenvalue weighted by Crippen LogP contribution is 2.19. The monoisotopic (exact) mass is 320 g/mol. The van der Waals surface area contributed by atoms with Crippen LogP contribution in [0.3, 0.4) is 0 Å². The van der Waals surface area contributed by atoms with Crippen molar-refractivity contribution in [3.8, 4) is 5.69 Å². The zero-order valence-corrected chi connectivity index (χ0v) is 12.8. The van der Waals surface area contributed by atoms with E-state index in [9.17, 15) is 4.39 Å². The number of hydrogen-bond acceptors (Lipinski definition) is 7. The highest BCUT2D eigenvalue weighted by molar-refractivity contribution is 7.97. The average molecular weight is 320 g/mol. The van der Waals surface area contributed by atoms with Crippen molar-refractivity contribution >= 4 is 11.8 Å². The number of nitrogens with zero attached hydrogens (tertiary/aromatic N) is 6. The first kappa shape index (κ1) is 14.6. The maximum Gasteiger partial charge on any atom is 0.226 e. The van der Waals surface area contributed by atoms with Gasteiger partial charge in [-0.1, -0.05) is 6.07 Å². The molecule has 114 valence electrons. The van der Waals surface area contributed by atoms with Crippen molar-refractivity contribution in [2.45, 2.75) is 25.4 Å². The minimum atomic E-state index is -0.364. The van der Waals surface area contributed by atoms with E-state index < -0.39 is 0 Å². The minimum absolute atomic E-state index is 0.342. The van der Waals surface area contributed by atoms with Crippen molar-refractivity contribution in [1.29, 1.82) is 0 Å². The standard InChI is InChI=1S/C13H13FN6OS/c1-8-3-4-10(14)11(5-8)20-12(16-18-19-20)6-22-7-13-17-15-9(2)21-13/h3-5H,6-7H2,1-2H3. The van der Waals surface area contributed by atoms with Gasteiger partial charge in [0.25, 0.3) is 0 Å². The van der Waals surface area contributed by atoms with Crippen LogP contribution in [0.1, 0.15) is 23.2 Å². The van der Waals surface area contributed by atoms with E-state index in [1.807, 2.05) is 6.92 Å². The molecule has 0 radical (unpaired) electrons. The molecule has 2 heterocycles. The predicted octanol–water partition coefficient (Wildman–Crippen LogP) is 2.23. The lowest BCUT2D eigenvalue weighted by Gasteiger charge is -2.06. The summed E-state index contributed by atoms with van der Waals surface area (Å²) >= 11 is 1.51. The number of hydrogen-bond donors (Lipinski definition) is 0. The zero-order chi connectivity index (χ0) is 15.5. The fourth-order valence-electron chi connectivity index (χ4n) is 1.89. The predicted molar refractivity (Wildman–Crippen MR) is 77.9 cm³/mol. The zero-order valence-electron chi connectivity index (χ0n) is 12.0. The van der Waals surface area contributed by atoms with Crippen molar-refractivity contribution in [1.82, 2.24) is 30.4 Å². The second kappa shape index (κ2) is 6.22. The molecule has 3 rings (SSSR count). The van der Waals surface area contributed by atoms with Crippen LogP contribution in [-0.4, -0.2) is 30.4 Å². The van der Waals surface area contributed by atoms with Crippen LogP contribution >= 0.6 is 11.8 Å². The Bertz CT molecular complexity index is 786. The summed E-state index contributed by atoms with van der Waals surface area (Å²) in [6.07, 6.45) is 0. The van der Waals surface area contributed by atoms with Crippen LogP contribution < -0.4 is 0 Å². The van der Waals surface area contributed by atoms with Crippen molar-refractivity contribution in [2.75, 3.05) is 0 Å². The second-order valence-corrected chi connectivity index (χ2v) is 5.65. The molecule has 22 heavy (non-hydrogen) atoms. The molecule has 0 atom stereocenters. The summed E-state index contributed by atoms with van der Waals surface area (Å²) in [5.74, 6) is 2.32. The average Bonchev–Trinajstić information content (AvgIpc) is 3.11. The lowest BCUT2D eigenvalue weighted by atomic mass is 10.2. The molecule has 0 bridgehead atoms. The van der Waals surface area contributed by atoms with E-state index in [-0.39, 0.29) is 5.82 Å². The topological polar surface area (TPSA) is 82.5 Å². The summed E-state index contributed by atoms with van der Waals surface area (Å²) in [4.78, 5) is 0. The van der Waals surface area contributed by atoms with Gasteiger partial charge in [0.05, 0.1) is 11.5 Å². The largest absolute Gasteiger partial charge is 0.425 e. The lowest BCUT2D eigenvalue weighted by molar-refractivity contribution is 0.485. The SMILES string of the molecule is Cc1ccc(F)c(-n2nnnc2CSCc2nnc(C)o2)c1. The number of aryl methyl sites for hydroxylation is 2. The molecule has 0 saturated heterocycles. The smallest absolute Gasteiger partial charge is 0.226 e. The highest BCUT2D eigenvalue weighted by Gasteiger charge is 2.13. The van der Waals surface area contributed by atoms with Crippen molar-refractivity contribution < 1.29 is 8.81 Å². The molecule has 0 N–H and O–H groups in total. The Kier molecular flexibility index (Phi) is 4.14. The molecule has 0 spiro atoms. The van der Waals surface area contributed by atoms with Crippen LogP contribution in [0.4, 0.5) is 4.39 Å². The van der Waals surface area contributed by atoms with Crippen LogP contribution in [0, 0.1) is 19.7 Å². The molecule has 7 nitrogen and oxygen atoms in total. The molecule has 3 aromatic rings. The maximum atomic E-state index is 13.9. The highest BCUT2D eigenvalue weighted by atomic mass is 32.2. The van der Waals surface area contributed by atoms with Crippen LogP contribution in [0.15, 0.2) is 22.6 Å². The van der Waals surface area contributed by atoms with Gasteiger partial charge in [-0.25, -0.2) is 4.39 Å². The van der Waals surface area contributed by atoms with Gasteiger partial charge in [-0.2, -0.15) is 4.68 Å². The molecule has 0 saturated carbocycles. The van der Waals surface area contributed by atoms with Crippen molar-refractivity contribution in [2.24, 2.45) is 0 Å². The van der Waals surface area contributed by atoms with E-state index in [0.717, 1.165) is 5.56 Å². The van der Waals surface area contributed by atoms with Gasteiger partial charge >= 0.3 is 0 Å². The van der Waals surface area contributed by atoms with E-state index in [0.29, 0.717) is 34.8 Å². The number of thioether (sulfide) groups is 1. The fourth-order valence-corrected chi connectivity index (χ4v) is 2.65. The van der Waals surface area contributed by atoms with Gasteiger partial charge in [0.15, 0.2) is 5.82 Å². The Hall–Kier alpha value is -2.29. The first-order valence-electron chi connectivity index (χ1n) is 6.54. The summed E-state index contributed by atoms with van der Waals surface area (Å²) in [5, 5.41) is 19.1. The van der Waals surface area contributed by atoms with E-state index in [4.69, 9.17) is 4.42 Å². The molecule has 0 fully saturated rings. The van der Waals surface area contributed by atoms with Crippen LogP contribution in [0.2, 0.25) is 0 Å². The third kappa shape index (κ3) is 3.14. The van der Waals surface area contributed by atoms with E-state index in [2.05, 4.69) is 25.7 Å². The summed E-state index contributed by atoms with van der Waals surface area (Å²) < 4.78 is 20.6. The molecular formula is C13H13FN6OS. The first-order valence-corrected chi connectivity index (χ1v) is 7.69. The molecule has 1 aromatic carbocycles. The summed E-state index contributed by atoms with van der Waals surface area (Å²) in [6.45, 7) is 3.63.